The summed E-state index contributed by atoms with van der Waals surface area (Å²) in [6.07, 6.45) is 3.23. The van der Waals surface area contributed by atoms with Crippen LogP contribution in [0.2, 0.25) is 0 Å². The lowest BCUT2D eigenvalue weighted by molar-refractivity contribution is -0.145. The van der Waals surface area contributed by atoms with Crippen molar-refractivity contribution in [3.63, 3.8) is 0 Å². The van der Waals surface area contributed by atoms with Crippen molar-refractivity contribution in [3.8, 4) is 0 Å². The molecule has 134 valence electrons. The first-order valence-corrected chi connectivity index (χ1v) is 8.12. The molecule has 0 aromatic rings. The third-order valence-electron chi connectivity index (χ3n) is 3.47. The molecule has 2 aliphatic rings. The Balaban J connectivity index is 2.06. The summed E-state index contributed by atoms with van der Waals surface area (Å²) in [5.74, 6) is 0.0240. The zero-order valence-corrected chi connectivity index (χ0v) is 15.0. The first-order valence-electron chi connectivity index (χ1n) is 7.68. The number of ether oxygens (including phenoxy) is 2. The van der Waals surface area contributed by atoms with Gasteiger partial charge in [-0.15, -0.1) is 0 Å². The highest BCUT2D eigenvalue weighted by Gasteiger charge is 2.42. The predicted octanol–water partition coefficient (Wildman–Crippen LogP) is 1.16. The van der Waals surface area contributed by atoms with Gasteiger partial charge in [0, 0.05) is 25.2 Å². The summed E-state index contributed by atoms with van der Waals surface area (Å²) in [5, 5.41) is 6.09. The van der Waals surface area contributed by atoms with Crippen LogP contribution in [0, 0.1) is 0 Å². The zero-order chi connectivity index (χ0) is 17.9. The summed E-state index contributed by atoms with van der Waals surface area (Å²) in [5.41, 5.74) is -1.09. The molecule has 1 saturated heterocycles. The van der Waals surface area contributed by atoms with Gasteiger partial charge in [0.1, 0.15) is 17.1 Å². The van der Waals surface area contributed by atoms with Crippen molar-refractivity contribution >= 4 is 29.6 Å². The molecule has 2 heterocycles. The third-order valence-corrected chi connectivity index (χ3v) is 3.71. The van der Waals surface area contributed by atoms with Gasteiger partial charge in [-0.25, -0.2) is 14.6 Å². The van der Waals surface area contributed by atoms with Crippen LogP contribution in [0.5, 0.6) is 0 Å². The topological polar surface area (TPSA) is 92.3 Å². The molecule has 2 aliphatic heterocycles. The molecule has 1 amide bonds. The van der Waals surface area contributed by atoms with Crippen LogP contribution in [0.1, 0.15) is 27.2 Å². The van der Waals surface area contributed by atoms with Gasteiger partial charge >= 0.3 is 12.1 Å². The van der Waals surface area contributed by atoms with Gasteiger partial charge in [0.2, 0.25) is 0 Å². The van der Waals surface area contributed by atoms with E-state index >= 15 is 0 Å². The summed E-state index contributed by atoms with van der Waals surface area (Å²) in [7, 11) is 1.30. The molecule has 8 nitrogen and oxygen atoms in total. The fraction of sp³-hybridized carbons (Fsp3) is 0.667. The number of nitrogens with zero attached hydrogens (tertiary/aromatic N) is 2. The Kier molecular flexibility index (Phi) is 5.58. The number of halogens is 1. The fourth-order valence-corrected chi connectivity index (χ4v) is 2.68. The number of carbonyl (C=O) groups is 2. The molecule has 3 unspecified atom stereocenters. The normalized spacial score (nSPS) is 26.5. The maximum atomic E-state index is 12.4. The summed E-state index contributed by atoms with van der Waals surface area (Å²) in [6.45, 7) is 5.62. The molecule has 0 aromatic heterocycles. The number of carbonyl (C=O) groups excluding carboxylic acids is 2. The highest BCUT2D eigenvalue weighted by Crippen LogP contribution is 2.22. The highest BCUT2D eigenvalue weighted by molar-refractivity contribution is 6.22. The molecule has 0 aromatic carbocycles. The van der Waals surface area contributed by atoms with E-state index in [1.165, 1.54) is 12.0 Å². The predicted molar refractivity (Wildman–Crippen MR) is 89.6 cm³/mol. The summed E-state index contributed by atoms with van der Waals surface area (Å²) in [4.78, 5) is 29.9. The van der Waals surface area contributed by atoms with Crippen molar-refractivity contribution in [2.24, 2.45) is 4.99 Å². The van der Waals surface area contributed by atoms with Crippen molar-refractivity contribution in [2.45, 2.75) is 50.4 Å². The number of likely N-dealkylation sites (tertiary alicyclic amines) is 1. The Morgan fingerprint density at radius 2 is 2.17 bits per heavy atom. The summed E-state index contributed by atoms with van der Waals surface area (Å²) >= 11 is 5.94. The van der Waals surface area contributed by atoms with E-state index in [2.05, 4.69) is 15.6 Å². The number of hydrogen-bond acceptors (Lipinski definition) is 7. The minimum Gasteiger partial charge on any atom is -0.467 e. The van der Waals surface area contributed by atoms with Crippen LogP contribution in [0.3, 0.4) is 0 Å². The van der Waals surface area contributed by atoms with Crippen molar-refractivity contribution < 1.29 is 19.1 Å². The van der Waals surface area contributed by atoms with Crippen molar-refractivity contribution in [1.82, 2.24) is 15.5 Å². The van der Waals surface area contributed by atoms with Crippen LogP contribution < -0.4 is 10.6 Å². The SMILES string of the molecule is COC(=O)C1CC(NC2=NC(Cl)C=CN2)CN1C(=O)OC(C)(C)C. The lowest BCUT2D eigenvalue weighted by Crippen LogP contribution is -2.46. The van der Waals surface area contributed by atoms with Gasteiger partial charge in [0.25, 0.3) is 0 Å². The molecule has 0 bridgehead atoms. The Morgan fingerprint density at radius 3 is 2.75 bits per heavy atom. The van der Waals surface area contributed by atoms with E-state index in [-0.39, 0.29) is 6.04 Å². The van der Waals surface area contributed by atoms with Gasteiger partial charge in [-0.1, -0.05) is 11.6 Å². The van der Waals surface area contributed by atoms with Crippen LogP contribution >= 0.6 is 11.6 Å². The average Bonchev–Trinajstić information content (AvgIpc) is 2.88. The number of hydrogen-bond donors (Lipinski definition) is 2. The van der Waals surface area contributed by atoms with Gasteiger partial charge in [-0.2, -0.15) is 0 Å². The minimum absolute atomic E-state index is 0.178. The molecule has 0 aliphatic carbocycles. The van der Waals surface area contributed by atoms with Crippen LogP contribution in [0.4, 0.5) is 4.79 Å². The molecular formula is C15H23ClN4O4. The number of aliphatic imine (C=N–C) groups is 1. The zero-order valence-electron chi connectivity index (χ0n) is 14.2. The number of guanidine groups is 1. The standard InChI is InChI=1S/C15H23ClN4O4/c1-15(2,3)24-14(22)20-8-9(7-10(20)12(21)23-4)18-13-17-6-5-11(16)19-13/h5-6,9-11H,7-8H2,1-4H3,(H2,17,18,19). The number of esters is 1. The van der Waals surface area contributed by atoms with Crippen molar-refractivity contribution in [3.05, 3.63) is 12.3 Å². The van der Waals surface area contributed by atoms with Crippen LogP contribution in [0.25, 0.3) is 0 Å². The van der Waals surface area contributed by atoms with Gasteiger partial charge in [0.15, 0.2) is 5.96 Å². The lowest BCUT2D eigenvalue weighted by Gasteiger charge is -2.27. The monoisotopic (exact) mass is 358 g/mol. The van der Waals surface area contributed by atoms with Gasteiger partial charge < -0.3 is 20.1 Å². The van der Waals surface area contributed by atoms with Crippen molar-refractivity contribution in [2.75, 3.05) is 13.7 Å². The lowest BCUT2D eigenvalue weighted by atomic mass is 10.2. The number of methoxy groups -OCH3 is 1. The molecule has 9 heteroatoms. The minimum atomic E-state index is -0.700. The van der Waals surface area contributed by atoms with E-state index in [0.29, 0.717) is 18.9 Å². The quantitative estimate of drug-likeness (QED) is 0.437. The Hall–Kier alpha value is -1.96. The van der Waals surface area contributed by atoms with E-state index in [0.717, 1.165) is 0 Å². The molecular weight excluding hydrogens is 336 g/mol. The second-order valence-electron chi connectivity index (χ2n) is 6.60. The third kappa shape index (κ3) is 4.77. The van der Waals surface area contributed by atoms with Gasteiger partial charge in [0.05, 0.1) is 7.11 Å². The molecule has 0 saturated carbocycles. The summed E-state index contributed by atoms with van der Waals surface area (Å²) < 4.78 is 10.2. The molecule has 0 spiro atoms. The maximum Gasteiger partial charge on any atom is 0.411 e. The van der Waals surface area contributed by atoms with Crippen LogP contribution in [-0.2, 0) is 14.3 Å². The number of nitrogens with one attached hydrogen (secondary N) is 2. The molecule has 0 radical (unpaired) electrons. The molecule has 24 heavy (non-hydrogen) atoms. The molecule has 3 atom stereocenters. The largest absolute Gasteiger partial charge is 0.467 e. The molecule has 2 rings (SSSR count). The first-order chi connectivity index (χ1) is 11.2. The van der Waals surface area contributed by atoms with Gasteiger partial charge in [-0.05, 0) is 26.8 Å². The highest BCUT2D eigenvalue weighted by atomic mass is 35.5. The van der Waals surface area contributed by atoms with E-state index in [9.17, 15) is 9.59 Å². The van der Waals surface area contributed by atoms with E-state index in [1.807, 2.05) is 0 Å². The number of amides is 1. The smallest absolute Gasteiger partial charge is 0.411 e. The van der Waals surface area contributed by atoms with E-state index in [4.69, 9.17) is 21.1 Å². The molecule has 2 N–H and O–H groups in total. The van der Waals surface area contributed by atoms with E-state index < -0.39 is 29.2 Å². The Bertz CT molecular complexity index is 558. The van der Waals surface area contributed by atoms with Crippen molar-refractivity contribution in [1.29, 1.82) is 0 Å². The average molecular weight is 359 g/mol. The first kappa shape index (κ1) is 18.4. The second kappa shape index (κ2) is 7.29. The summed E-state index contributed by atoms with van der Waals surface area (Å²) in [6, 6.07) is -0.878. The fourth-order valence-electron chi connectivity index (χ4n) is 2.50. The number of alkyl halides is 1. The molecule has 1 fully saturated rings. The van der Waals surface area contributed by atoms with Crippen LogP contribution in [0.15, 0.2) is 17.3 Å². The number of rotatable bonds is 2. The Labute approximate surface area is 146 Å². The Morgan fingerprint density at radius 1 is 1.46 bits per heavy atom. The van der Waals surface area contributed by atoms with Gasteiger partial charge in [-0.3, -0.25) is 4.90 Å². The maximum absolute atomic E-state index is 12.4. The second-order valence-corrected chi connectivity index (χ2v) is 7.05. The van der Waals surface area contributed by atoms with E-state index in [1.54, 1.807) is 33.0 Å². The van der Waals surface area contributed by atoms with Crippen LogP contribution in [-0.4, -0.2) is 59.8 Å².